The van der Waals surface area contributed by atoms with Crippen LogP contribution in [0.15, 0.2) is 41.5 Å². The summed E-state index contributed by atoms with van der Waals surface area (Å²) in [4.78, 5) is -0.154. The van der Waals surface area contributed by atoms with E-state index >= 15 is 0 Å². The van der Waals surface area contributed by atoms with Gasteiger partial charge in [-0.2, -0.15) is 8.42 Å². The molecule has 1 rings (SSSR count). The monoisotopic (exact) mass is 577 g/mol. The fraction of sp³-hybridized carbons (Fsp3) is 0.750. The number of allylic oxidation sites excluding steroid dienone is 1. The molecule has 1 atom stereocenters. The smallest absolute Gasteiger partial charge is 0.294 e. The van der Waals surface area contributed by atoms with Gasteiger partial charge in [-0.15, -0.1) is 0 Å². The number of rotatable bonds is 26. The minimum Gasteiger partial charge on any atom is -0.465 e. The van der Waals surface area contributed by atoms with Crippen LogP contribution >= 0.6 is 0 Å². The zero-order valence-corrected chi connectivity index (χ0v) is 27.9. The second-order valence-electron chi connectivity index (χ2n) is 10.8. The number of halogens is 1. The molecule has 0 aliphatic rings. The van der Waals surface area contributed by atoms with Crippen LogP contribution in [-0.4, -0.2) is 48.7 Å². The number of unbranched alkanes of at least 4 members (excludes halogenated alkanes) is 18. The molecule has 1 aromatic carbocycles. The van der Waals surface area contributed by atoms with Gasteiger partial charge in [-0.3, -0.25) is 4.55 Å². The summed E-state index contributed by atoms with van der Waals surface area (Å²) in [5.74, 6) is 0.511. The minimum atomic E-state index is -4.18. The summed E-state index contributed by atoms with van der Waals surface area (Å²) < 4.78 is 50.6. The van der Waals surface area contributed by atoms with Crippen LogP contribution in [0.25, 0.3) is 0 Å². The molecule has 0 aliphatic carbocycles. The molecular formula is C32H55FNaO4S. The maximum absolute atomic E-state index is 14.1. The van der Waals surface area contributed by atoms with Gasteiger partial charge in [-0.25, -0.2) is 4.39 Å². The summed E-state index contributed by atoms with van der Waals surface area (Å²) in [6, 6.07) is 5.60. The van der Waals surface area contributed by atoms with Gasteiger partial charge in [-0.05, 0) is 56.0 Å². The van der Waals surface area contributed by atoms with Crippen LogP contribution < -0.4 is 4.74 Å². The molecule has 0 bridgehead atoms. The average Bonchev–Trinajstić information content (AvgIpc) is 2.89. The molecule has 1 radical (unpaired) electrons. The maximum Gasteiger partial charge on any atom is 0.294 e. The number of hydrogen-bond donors (Lipinski definition) is 1. The van der Waals surface area contributed by atoms with Gasteiger partial charge in [0.1, 0.15) is 11.9 Å². The zero-order valence-electron chi connectivity index (χ0n) is 25.1. The molecule has 0 saturated heterocycles. The summed E-state index contributed by atoms with van der Waals surface area (Å²) in [6.07, 6.45) is 29.5. The van der Waals surface area contributed by atoms with Crippen molar-refractivity contribution in [1.29, 1.82) is 0 Å². The van der Waals surface area contributed by atoms with Crippen molar-refractivity contribution in [1.82, 2.24) is 0 Å². The number of hydrogen-bond acceptors (Lipinski definition) is 3. The van der Waals surface area contributed by atoms with Gasteiger partial charge < -0.3 is 4.74 Å². The van der Waals surface area contributed by atoms with E-state index in [2.05, 4.69) is 6.92 Å². The third kappa shape index (κ3) is 24.0. The fourth-order valence-corrected chi connectivity index (χ4v) is 5.23. The van der Waals surface area contributed by atoms with E-state index in [1.54, 1.807) is 6.26 Å². The topological polar surface area (TPSA) is 63.6 Å². The average molecular weight is 578 g/mol. The van der Waals surface area contributed by atoms with E-state index in [0.29, 0.717) is 12.2 Å². The van der Waals surface area contributed by atoms with E-state index < -0.39 is 16.3 Å². The Kier molecular flexibility index (Phi) is 26.2. The van der Waals surface area contributed by atoms with Crippen LogP contribution in [0.4, 0.5) is 4.39 Å². The van der Waals surface area contributed by atoms with Crippen molar-refractivity contribution < 1.29 is 22.1 Å². The Morgan fingerprint density at radius 1 is 0.718 bits per heavy atom. The third-order valence-corrected chi connectivity index (χ3v) is 8.05. The molecule has 0 aliphatic heterocycles. The van der Waals surface area contributed by atoms with Crippen molar-refractivity contribution in [2.75, 3.05) is 0 Å². The first-order chi connectivity index (χ1) is 18.4. The molecular weight excluding hydrogens is 522 g/mol. The van der Waals surface area contributed by atoms with Gasteiger partial charge in [0, 0.05) is 29.6 Å². The molecule has 0 fully saturated rings. The van der Waals surface area contributed by atoms with Gasteiger partial charge in [0.25, 0.3) is 10.1 Å². The van der Waals surface area contributed by atoms with Crippen molar-refractivity contribution in [2.45, 2.75) is 159 Å². The minimum absolute atomic E-state index is 0. The number of alkyl halides is 1. The molecule has 1 aromatic rings. The van der Waals surface area contributed by atoms with Gasteiger partial charge >= 0.3 is 0 Å². The summed E-state index contributed by atoms with van der Waals surface area (Å²) in [5, 5.41) is 0. The Morgan fingerprint density at radius 3 is 1.56 bits per heavy atom. The van der Waals surface area contributed by atoms with E-state index in [4.69, 9.17) is 9.29 Å². The second kappa shape index (κ2) is 26.5. The quantitative estimate of drug-likeness (QED) is 0.0515. The summed E-state index contributed by atoms with van der Waals surface area (Å²) in [5.41, 5.74) is 0. The SMILES string of the molecule is CCCCCCCCCCCCCCCCCC(F)CCCCCCC=COc1ccc(S(=O)(=O)O)cc1.[Na]. The molecule has 4 nitrogen and oxygen atoms in total. The molecule has 0 aromatic heterocycles. The number of ether oxygens (including phenoxy) is 1. The predicted molar refractivity (Wildman–Crippen MR) is 164 cm³/mol. The summed E-state index contributed by atoms with van der Waals surface area (Å²) in [7, 11) is -4.18. The molecule has 1 N–H and O–H groups in total. The van der Waals surface area contributed by atoms with Gasteiger partial charge in [0.2, 0.25) is 0 Å². The van der Waals surface area contributed by atoms with Gasteiger partial charge in [-0.1, -0.05) is 122 Å². The molecule has 0 spiro atoms. The first-order valence-electron chi connectivity index (χ1n) is 15.5. The van der Waals surface area contributed by atoms with Crippen LogP contribution in [0.1, 0.15) is 148 Å². The zero-order chi connectivity index (χ0) is 27.7. The Morgan fingerprint density at radius 2 is 1.13 bits per heavy atom. The van der Waals surface area contributed by atoms with E-state index in [0.717, 1.165) is 44.9 Å². The largest absolute Gasteiger partial charge is 0.465 e. The Balaban J connectivity index is 0.0000144. The Bertz CT molecular complexity index is 799. The second-order valence-corrected chi connectivity index (χ2v) is 12.2. The molecule has 221 valence electrons. The third-order valence-electron chi connectivity index (χ3n) is 7.18. The van der Waals surface area contributed by atoms with E-state index in [9.17, 15) is 12.8 Å². The van der Waals surface area contributed by atoms with Crippen molar-refractivity contribution in [3.63, 3.8) is 0 Å². The molecule has 39 heavy (non-hydrogen) atoms. The van der Waals surface area contributed by atoms with Crippen molar-refractivity contribution in [3.8, 4) is 5.75 Å². The molecule has 0 saturated carbocycles. The summed E-state index contributed by atoms with van der Waals surface area (Å²) in [6.45, 7) is 2.27. The van der Waals surface area contributed by atoms with Crippen LogP contribution in [0.5, 0.6) is 5.75 Å². The standard InChI is InChI=1S/C32H55FO4S.Na/c1-2-3-4-5-6-7-8-9-10-11-12-13-14-17-20-23-30(33)24-21-18-15-16-19-22-29-37-31-25-27-32(28-26-31)38(34,35)36;/h22,25-30H,2-21,23-24H2,1H3,(H,34,35,36);. The van der Waals surface area contributed by atoms with Gasteiger partial charge in [0.15, 0.2) is 0 Å². The predicted octanol–water partition coefficient (Wildman–Crippen LogP) is 10.4. The van der Waals surface area contributed by atoms with Crippen molar-refractivity contribution in [2.24, 2.45) is 0 Å². The van der Waals surface area contributed by atoms with Crippen LogP contribution in [0.3, 0.4) is 0 Å². The van der Waals surface area contributed by atoms with Crippen molar-refractivity contribution >= 4 is 39.7 Å². The van der Waals surface area contributed by atoms with E-state index in [1.807, 2.05) is 6.08 Å². The molecule has 0 heterocycles. The van der Waals surface area contributed by atoms with E-state index in [1.165, 1.54) is 114 Å². The van der Waals surface area contributed by atoms with E-state index in [-0.39, 0.29) is 34.5 Å². The Labute approximate surface area is 262 Å². The first kappa shape index (κ1) is 38.6. The maximum atomic E-state index is 14.1. The first-order valence-corrected chi connectivity index (χ1v) is 16.9. The van der Waals surface area contributed by atoms with Crippen molar-refractivity contribution in [3.05, 3.63) is 36.6 Å². The molecule has 0 amide bonds. The normalized spacial score (nSPS) is 12.5. The number of benzene rings is 1. The Hall–Kier alpha value is -0.400. The molecule has 1 unspecified atom stereocenters. The molecule has 7 heteroatoms. The van der Waals surface area contributed by atoms with Crippen LogP contribution in [-0.2, 0) is 10.1 Å². The summed E-state index contributed by atoms with van der Waals surface area (Å²) >= 11 is 0. The fourth-order valence-electron chi connectivity index (χ4n) is 4.75. The van der Waals surface area contributed by atoms with Crippen LogP contribution in [0, 0.1) is 0 Å². The van der Waals surface area contributed by atoms with Crippen LogP contribution in [0.2, 0.25) is 0 Å². The van der Waals surface area contributed by atoms with Gasteiger partial charge in [0.05, 0.1) is 11.2 Å².